The van der Waals surface area contributed by atoms with Crippen LogP contribution >= 0.6 is 0 Å². The average molecular weight is 272 g/mol. The van der Waals surface area contributed by atoms with E-state index in [2.05, 4.69) is 15.5 Å². The molecule has 0 aliphatic rings. The largest absolute Gasteiger partial charge is 0.451 e. The van der Waals surface area contributed by atoms with Gasteiger partial charge in [0, 0.05) is 11.9 Å². The van der Waals surface area contributed by atoms with Crippen LogP contribution in [-0.4, -0.2) is 21.3 Å². The van der Waals surface area contributed by atoms with E-state index in [-0.39, 0.29) is 5.76 Å². The maximum absolute atomic E-state index is 11.3. The van der Waals surface area contributed by atoms with Gasteiger partial charge in [-0.2, -0.15) is 5.10 Å². The summed E-state index contributed by atoms with van der Waals surface area (Å²) in [5, 5.41) is 19.2. The van der Waals surface area contributed by atoms with Crippen LogP contribution in [0.4, 0.5) is 5.82 Å². The zero-order chi connectivity index (χ0) is 13.9. The van der Waals surface area contributed by atoms with Crippen molar-refractivity contribution in [3.8, 4) is 0 Å². The minimum absolute atomic E-state index is 0.0705. The molecular weight excluding hydrogens is 260 g/mol. The van der Waals surface area contributed by atoms with Crippen LogP contribution in [0.2, 0.25) is 0 Å². The first-order valence-corrected chi connectivity index (χ1v) is 5.96. The lowest BCUT2D eigenvalue weighted by atomic mass is 10.1. The minimum atomic E-state index is -0.668. The Morgan fingerprint density at radius 2 is 2.25 bits per heavy atom. The fraction of sp³-hybridized carbons (Fsp3) is 0.0769. The Bertz CT molecular complexity index is 733. The summed E-state index contributed by atoms with van der Waals surface area (Å²) in [5.74, 6) is 0.233. The number of H-pyrrole nitrogens is 1. The summed E-state index contributed by atoms with van der Waals surface area (Å²) in [6, 6.07) is 9.01. The minimum Gasteiger partial charge on any atom is -0.451 e. The van der Waals surface area contributed by atoms with E-state index in [4.69, 9.17) is 9.62 Å². The van der Waals surface area contributed by atoms with Gasteiger partial charge in [0.25, 0.3) is 0 Å². The molecule has 0 aliphatic heterocycles. The Balaban J connectivity index is 1.81. The van der Waals surface area contributed by atoms with E-state index in [0.29, 0.717) is 12.1 Å². The lowest BCUT2D eigenvalue weighted by molar-refractivity contribution is 0.0678. The van der Waals surface area contributed by atoms with Crippen molar-refractivity contribution >= 4 is 22.7 Å². The van der Waals surface area contributed by atoms with Crippen molar-refractivity contribution in [1.29, 1.82) is 0 Å². The molecule has 1 aromatic carbocycles. The molecule has 102 valence electrons. The van der Waals surface area contributed by atoms with E-state index in [1.54, 1.807) is 23.8 Å². The third-order valence-electron chi connectivity index (χ3n) is 2.89. The summed E-state index contributed by atoms with van der Waals surface area (Å²) in [5.41, 5.74) is 3.17. The second kappa shape index (κ2) is 5.06. The molecular formula is C13H12N4O3. The van der Waals surface area contributed by atoms with Crippen LogP contribution in [0.1, 0.15) is 16.1 Å². The van der Waals surface area contributed by atoms with Crippen LogP contribution in [-0.2, 0) is 6.54 Å². The molecule has 0 radical (unpaired) electrons. The van der Waals surface area contributed by atoms with Crippen molar-refractivity contribution in [2.75, 3.05) is 5.32 Å². The molecule has 7 heteroatoms. The quantitative estimate of drug-likeness (QED) is 0.429. The summed E-state index contributed by atoms with van der Waals surface area (Å²) in [6.45, 7) is 0.616. The number of furan rings is 1. The molecule has 2 aromatic heterocycles. The Kier molecular flexibility index (Phi) is 3.10. The highest BCUT2D eigenvalue weighted by Crippen LogP contribution is 2.21. The van der Waals surface area contributed by atoms with Gasteiger partial charge in [-0.15, -0.1) is 0 Å². The first kappa shape index (κ1) is 12.2. The molecule has 3 aromatic rings. The van der Waals surface area contributed by atoms with Crippen molar-refractivity contribution < 1.29 is 14.4 Å². The predicted octanol–water partition coefficient (Wildman–Crippen LogP) is 1.89. The molecule has 0 spiro atoms. The molecule has 0 aliphatic carbocycles. The monoisotopic (exact) mass is 272 g/mol. The SMILES string of the molecule is O=C(NO)c1cc2cc(CNc3ccn[nH]3)ccc2o1. The maximum Gasteiger partial charge on any atom is 0.310 e. The highest BCUT2D eigenvalue weighted by Gasteiger charge is 2.11. The number of aromatic amines is 1. The Labute approximate surface area is 113 Å². The second-order valence-corrected chi connectivity index (χ2v) is 4.25. The number of benzene rings is 1. The summed E-state index contributed by atoms with van der Waals surface area (Å²) in [7, 11) is 0. The Hall–Kier alpha value is -2.80. The number of hydrogen-bond donors (Lipinski definition) is 4. The molecule has 0 saturated carbocycles. The normalized spacial score (nSPS) is 10.7. The standard InChI is InChI=1S/C13H12N4O3/c18-13(17-19)11-6-9-5-8(1-2-10(9)20-11)7-14-12-3-4-15-16-12/h1-6,19H,7H2,(H,17,18)(H2,14,15,16). The summed E-state index contributed by atoms with van der Waals surface area (Å²) in [4.78, 5) is 11.3. The number of fused-ring (bicyclic) bond motifs is 1. The lowest BCUT2D eigenvalue weighted by Crippen LogP contribution is -2.17. The fourth-order valence-corrected chi connectivity index (χ4v) is 1.92. The molecule has 20 heavy (non-hydrogen) atoms. The van der Waals surface area contributed by atoms with Gasteiger partial charge in [-0.3, -0.25) is 15.1 Å². The van der Waals surface area contributed by atoms with Crippen LogP contribution in [0.3, 0.4) is 0 Å². The first-order valence-electron chi connectivity index (χ1n) is 5.96. The number of nitrogens with zero attached hydrogens (tertiary/aromatic N) is 1. The molecule has 0 bridgehead atoms. The molecule has 7 nitrogen and oxygen atoms in total. The van der Waals surface area contributed by atoms with Gasteiger partial charge in [0.1, 0.15) is 11.4 Å². The highest BCUT2D eigenvalue weighted by atomic mass is 16.5. The van der Waals surface area contributed by atoms with Crippen molar-refractivity contribution in [3.63, 3.8) is 0 Å². The first-order chi connectivity index (χ1) is 9.76. The predicted molar refractivity (Wildman–Crippen MR) is 71.4 cm³/mol. The van der Waals surface area contributed by atoms with Gasteiger partial charge in [-0.05, 0) is 29.8 Å². The highest BCUT2D eigenvalue weighted by molar-refractivity contribution is 5.95. The summed E-state index contributed by atoms with van der Waals surface area (Å²) < 4.78 is 5.32. The number of hydrogen-bond acceptors (Lipinski definition) is 5. The summed E-state index contributed by atoms with van der Waals surface area (Å²) in [6.07, 6.45) is 1.67. The molecule has 0 unspecified atom stereocenters. The lowest BCUT2D eigenvalue weighted by Gasteiger charge is -2.03. The third kappa shape index (κ3) is 2.34. The molecule has 0 saturated heterocycles. The van der Waals surface area contributed by atoms with E-state index in [0.717, 1.165) is 16.8 Å². The van der Waals surface area contributed by atoms with Gasteiger partial charge in [0.2, 0.25) is 0 Å². The number of hydroxylamine groups is 1. The smallest absolute Gasteiger partial charge is 0.310 e. The topological polar surface area (TPSA) is 103 Å². The molecule has 1 amide bonds. The van der Waals surface area contributed by atoms with Gasteiger partial charge in [-0.25, -0.2) is 5.48 Å². The Morgan fingerprint density at radius 1 is 1.35 bits per heavy atom. The summed E-state index contributed by atoms with van der Waals surface area (Å²) >= 11 is 0. The fourth-order valence-electron chi connectivity index (χ4n) is 1.92. The van der Waals surface area contributed by atoms with Gasteiger partial charge in [-0.1, -0.05) is 6.07 Å². The van der Waals surface area contributed by atoms with Crippen molar-refractivity contribution in [3.05, 3.63) is 47.9 Å². The van der Waals surface area contributed by atoms with E-state index < -0.39 is 5.91 Å². The third-order valence-corrected chi connectivity index (χ3v) is 2.89. The van der Waals surface area contributed by atoms with Crippen molar-refractivity contribution in [2.24, 2.45) is 0 Å². The molecule has 4 N–H and O–H groups in total. The number of carbonyl (C=O) groups is 1. The van der Waals surface area contributed by atoms with E-state index in [1.807, 2.05) is 18.2 Å². The van der Waals surface area contributed by atoms with Gasteiger partial charge < -0.3 is 9.73 Å². The zero-order valence-corrected chi connectivity index (χ0v) is 10.4. The van der Waals surface area contributed by atoms with Crippen LogP contribution in [0.25, 0.3) is 11.0 Å². The van der Waals surface area contributed by atoms with Crippen LogP contribution < -0.4 is 10.8 Å². The van der Waals surface area contributed by atoms with E-state index in [9.17, 15) is 4.79 Å². The van der Waals surface area contributed by atoms with Gasteiger partial charge in [0.15, 0.2) is 5.76 Å². The number of amides is 1. The number of carbonyl (C=O) groups excluding carboxylic acids is 1. The number of rotatable bonds is 4. The number of nitrogens with one attached hydrogen (secondary N) is 3. The molecule has 0 fully saturated rings. The van der Waals surface area contributed by atoms with Crippen molar-refractivity contribution in [2.45, 2.75) is 6.54 Å². The van der Waals surface area contributed by atoms with Gasteiger partial charge >= 0.3 is 5.91 Å². The van der Waals surface area contributed by atoms with Crippen LogP contribution in [0.15, 0.2) is 40.9 Å². The zero-order valence-electron chi connectivity index (χ0n) is 10.4. The van der Waals surface area contributed by atoms with Crippen LogP contribution in [0.5, 0.6) is 0 Å². The average Bonchev–Trinajstić information content (AvgIpc) is 3.12. The number of aromatic nitrogens is 2. The maximum atomic E-state index is 11.3. The van der Waals surface area contributed by atoms with Gasteiger partial charge in [0.05, 0.1) is 6.20 Å². The Morgan fingerprint density at radius 3 is 3.00 bits per heavy atom. The molecule has 2 heterocycles. The number of anilines is 1. The second-order valence-electron chi connectivity index (χ2n) is 4.25. The van der Waals surface area contributed by atoms with Crippen molar-refractivity contribution in [1.82, 2.24) is 15.7 Å². The van der Waals surface area contributed by atoms with Crippen LogP contribution in [0, 0.1) is 0 Å². The van der Waals surface area contributed by atoms with E-state index >= 15 is 0 Å². The molecule has 3 rings (SSSR count). The molecule has 0 atom stereocenters. The van der Waals surface area contributed by atoms with E-state index in [1.165, 1.54) is 0 Å².